The Hall–Kier alpha value is -3.13. The molecule has 7 nitrogen and oxygen atoms in total. The van der Waals surface area contributed by atoms with E-state index in [0.29, 0.717) is 34.8 Å². The van der Waals surface area contributed by atoms with E-state index in [4.69, 9.17) is 4.74 Å². The number of para-hydroxylation sites is 2. The predicted molar refractivity (Wildman–Crippen MR) is 125 cm³/mol. The third-order valence-corrected chi connectivity index (χ3v) is 7.38. The largest absolute Gasteiger partial charge is 0.495 e. The van der Waals surface area contributed by atoms with Crippen molar-refractivity contribution in [2.75, 3.05) is 11.8 Å². The number of hydrogen-bond donors (Lipinski definition) is 1. The molecule has 0 radical (unpaired) electrons. The Balaban J connectivity index is 1.83. The van der Waals surface area contributed by atoms with Crippen LogP contribution in [0.3, 0.4) is 0 Å². The van der Waals surface area contributed by atoms with Crippen molar-refractivity contribution in [1.29, 1.82) is 0 Å². The van der Waals surface area contributed by atoms with Crippen LogP contribution in [0.1, 0.15) is 36.5 Å². The van der Waals surface area contributed by atoms with Gasteiger partial charge in [-0.15, -0.1) is 0 Å². The predicted octanol–water partition coefficient (Wildman–Crippen LogP) is 3.93. The first-order valence-electron chi connectivity index (χ1n) is 10.8. The second-order valence-corrected chi connectivity index (χ2v) is 9.57. The average molecular weight is 454 g/mol. The van der Waals surface area contributed by atoms with Gasteiger partial charge in [0.1, 0.15) is 5.75 Å². The van der Waals surface area contributed by atoms with E-state index < -0.39 is 10.0 Å². The number of sulfonamides is 1. The number of benzene rings is 2. The first kappa shape index (κ1) is 22.1. The van der Waals surface area contributed by atoms with E-state index in [-0.39, 0.29) is 10.5 Å². The number of aromatic nitrogens is 2. The van der Waals surface area contributed by atoms with Gasteiger partial charge in [-0.25, -0.2) is 13.1 Å². The van der Waals surface area contributed by atoms with E-state index in [9.17, 15) is 13.2 Å². The van der Waals surface area contributed by atoms with Gasteiger partial charge in [-0.05, 0) is 68.9 Å². The molecule has 0 amide bonds. The summed E-state index contributed by atoms with van der Waals surface area (Å²) < 4.78 is 36.0. The van der Waals surface area contributed by atoms with Crippen LogP contribution in [0.4, 0.5) is 5.69 Å². The van der Waals surface area contributed by atoms with E-state index in [0.717, 1.165) is 36.8 Å². The lowest BCUT2D eigenvalue weighted by Crippen LogP contribution is -2.30. The van der Waals surface area contributed by atoms with Crippen LogP contribution in [0.15, 0.2) is 52.2 Å². The molecular formula is C24H27N3O4S. The first-order chi connectivity index (χ1) is 15.4. The van der Waals surface area contributed by atoms with Crippen LogP contribution in [0.25, 0.3) is 11.3 Å². The van der Waals surface area contributed by atoms with Crippen LogP contribution in [0, 0.1) is 6.92 Å². The van der Waals surface area contributed by atoms with Crippen LogP contribution in [0.5, 0.6) is 5.75 Å². The summed E-state index contributed by atoms with van der Waals surface area (Å²) >= 11 is 0. The summed E-state index contributed by atoms with van der Waals surface area (Å²) in [5, 5.41) is 4.61. The Bertz CT molecular complexity index is 1330. The molecule has 1 N–H and O–H groups in total. The van der Waals surface area contributed by atoms with Crippen LogP contribution < -0.4 is 15.0 Å². The Labute approximate surface area is 188 Å². The fourth-order valence-corrected chi connectivity index (χ4v) is 5.54. The molecule has 0 bridgehead atoms. The van der Waals surface area contributed by atoms with Crippen molar-refractivity contribution in [2.45, 2.75) is 51.0 Å². The van der Waals surface area contributed by atoms with Gasteiger partial charge in [0.05, 0.1) is 23.4 Å². The second-order valence-electron chi connectivity index (χ2n) is 7.92. The van der Waals surface area contributed by atoms with Crippen molar-refractivity contribution >= 4 is 15.7 Å². The van der Waals surface area contributed by atoms with Gasteiger partial charge in [0.2, 0.25) is 0 Å². The highest BCUT2D eigenvalue weighted by atomic mass is 32.2. The number of methoxy groups -OCH3 is 1. The number of nitrogens with zero attached hydrogens (tertiary/aromatic N) is 2. The summed E-state index contributed by atoms with van der Waals surface area (Å²) in [4.78, 5) is 12.9. The summed E-state index contributed by atoms with van der Waals surface area (Å²) in [6.45, 7) is 4.11. The summed E-state index contributed by atoms with van der Waals surface area (Å²) in [5.41, 5.74) is 4.08. The summed E-state index contributed by atoms with van der Waals surface area (Å²) in [5.74, 6) is 0.440. The fourth-order valence-electron chi connectivity index (χ4n) is 4.20. The lowest BCUT2D eigenvalue weighted by Gasteiger charge is -2.20. The van der Waals surface area contributed by atoms with Crippen molar-refractivity contribution in [3.05, 3.63) is 69.5 Å². The molecule has 0 saturated carbocycles. The Morgan fingerprint density at radius 1 is 1.09 bits per heavy atom. The molecule has 0 unspecified atom stereocenters. The van der Waals surface area contributed by atoms with Crippen molar-refractivity contribution in [3.63, 3.8) is 0 Å². The first-order valence-corrected chi connectivity index (χ1v) is 12.2. The van der Waals surface area contributed by atoms with Crippen LogP contribution in [-0.4, -0.2) is 25.3 Å². The van der Waals surface area contributed by atoms with Crippen molar-refractivity contribution in [3.8, 4) is 17.0 Å². The maximum Gasteiger partial charge on any atom is 0.270 e. The molecule has 8 heteroatoms. The van der Waals surface area contributed by atoms with E-state index >= 15 is 0 Å². The molecule has 1 aromatic heterocycles. The minimum absolute atomic E-state index is 0.0382. The van der Waals surface area contributed by atoms with Gasteiger partial charge < -0.3 is 4.74 Å². The van der Waals surface area contributed by atoms with E-state index in [1.54, 1.807) is 43.3 Å². The van der Waals surface area contributed by atoms with Crippen molar-refractivity contribution in [2.24, 2.45) is 0 Å². The number of anilines is 1. The van der Waals surface area contributed by atoms with Gasteiger partial charge in [-0.2, -0.15) is 5.10 Å². The van der Waals surface area contributed by atoms with Gasteiger partial charge in [-0.3, -0.25) is 9.52 Å². The molecule has 1 aliphatic carbocycles. The highest BCUT2D eigenvalue weighted by Crippen LogP contribution is 2.32. The maximum absolute atomic E-state index is 13.3. The number of nitrogens with one attached hydrogen (secondary N) is 1. The average Bonchev–Trinajstić information content (AvgIpc) is 2.80. The van der Waals surface area contributed by atoms with Crippen molar-refractivity contribution in [1.82, 2.24) is 9.78 Å². The lowest BCUT2D eigenvalue weighted by atomic mass is 9.89. The quantitative estimate of drug-likeness (QED) is 0.611. The van der Waals surface area contributed by atoms with E-state index in [1.165, 1.54) is 11.8 Å². The number of rotatable bonds is 6. The smallest absolute Gasteiger partial charge is 0.270 e. The Kier molecular flexibility index (Phi) is 6.06. The van der Waals surface area contributed by atoms with Crippen molar-refractivity contribution < 1.29 is 13.2 Å². The third-order valence-electron chi connectivity index (χ3n) is 5.87. The molecule has 0 spiro atoms. The highest BCUT2D eigenvalue weighted by Gasteiger charge is 2.24. The van der Waals surface area contributed by atoms with Gasteiger partial charge in [0.25, 0.3) is 15.6 Å². The Morgan fingerprint density at radius 3 is 2.53 bits per heavy atom. The molecule has 2 aromatic carbocycles. The van der Waals surface area contributed by atoms with E-state index in [2.05, 4.69) is 9.82 Å². The SMILES string of the molecule is CCn1nc(-c2ccc(C)c(S(=O)(=O)Nc3ccccc3OC)c2)c2c(c1=O)CCCC2. The second kappa shape index (κ2) is 8.78. The molecule has 0 saturated heterocycles. The monoisotopic (exact) mass is 453 g/mol. The zero-order chi connectivity index (χ0) is 22.9. The molecule has 3 aromatic rings. The minimum Gasteiger partial charge on any atom is -0.495 e. The molecule has 1 heterocycles. The normalized spacial score (nSPS) is 13.5. The number of hydrogen-bond acceptors (Lipinski definition) is 5. The standard InChI is InChI=1S/C24H27N3O4S/c1-4-27-24(28)19-10-6-5-9-18(19)23(25-27)17-14-13-16(2)22(15-17)32(29,30)26-20-11-7-8-12-21(20)31-3/h7-8,11-15,26H,4-6,9-10H2,1-3H3. The molecule has 4 rings (SSSR count). The van der Waals surface area contributed by atoms with Crippen LogP contribution >= 0.6 is 0 Å². The maximum atomic E-state index is 13.3. The summed E-state index contributed by atoms with van der Waals surface area (Å²) in [6.07, 6.45) is 3.47. The zero-order valence-corrected chi connectivity index (χ0v) is 19.3. The molecule has 0 atom stereocenters. The van der Waals surface area contributed by atoms with Gasteiger partial charge in [0, 0.05) is 17.7 Å². The summed E-state index contributed by atoms with van der Waals surface area (Å²) in [6, 6.07) is 12.2. The third kappa shape index (κ3) is 4.02. The molecule has 0 fully saturated rings. The Morgan fingerprint density at radius 2 is 1.81 bits per heavy atom. The number of ether oxygens (including phenoxy) is 1. The van der Waals surface area contributed by atoms with Gasteiger partial charge in [0.15, 0.2) is 0 Å². The zero-order valence-electron chi connectivity index (χ0n) is 18.5. The highest BCUT2D eigenvalue weighted by molar-refractivity contribution is 7.92. The summed E-state index contributed by atoms with van der Waals surface area (Å²) in [7, 11) is -2.38. The van der Waals surface area contributed by atoms with Crippen LogP contribution in [-0.2, 0) is 29.4 Å². The number of fused-ring (bicyclic) bond motifs is 1. The molecular weight excluding hydrogens is 426 g/mol. The fraction of sp³-hybridized carbons (Fsp3) is 0.333. The molecule has 1 aliphatic rings. The molecule has 168 valence electrons. The van der Waals surface area contributed by atoms with Gasteiger partial charge >= 0.3 is 0 Å². The molecule has 0 aliphatic heterocycles. The van der Waals surface area contributed by atoms with Gasteiger partial charge in [-0.1, -0.05) is 24.3 Å². The number of aryl methyl sites for hydroxylation is 2. The lowest BCUT2D eigenvalue weighted by molar-refractivity contribution is 0.417. The minimum atomic E-state index is -3.88. The molecule has 32 heavy (non-hydrogen) atoms. The van der Waals surface area contributed by atoms with E-state index in [1.807, 2.05) is 13.0 Å². The van der Waals surface area contributed by atoms with Crippen LogP contribution in [0.2, 0.25) is 0 Å². The topological polar surface area (TPSA) is 90.3 Å².